The molecular formula is C12H15N. The Morgan fingerprint density at radius 1 is 1.23 bits per heavy atom. The summed E-state index contributed by atoms with van der Waals surface area (Å²) in [5.74, 6) is 0. The average molecular weight is 173 g/mol. The summed E-state index contributed by atoms with van der Waals surface area (Å²) in [5, 5.41) is 0. The first-order chi connectivity index (χ1) is 6.42. The fraction of sp³-hybridized carbons (Fsp3) is 0.333. The highest BCUT2D eigenvalue weighted by Gasteiger charge is 2.13. The number of hydrogen-bond donors (Lipinski definition) is 0. The molecule has 0 fully saturated rings. The maximum absolute atomic E-state index is 2.43. The van der Waals surface area contributed by atoms with E-state index in [1.165, 1.54) is 24.2 Å². The Balaban J connectivity index is 2.26. The lowest BCUT2D eigenvalue weighted by atomic mass is 10.1. The summed E-state index contributed by atoms with van der Waals surface area (Å²) in [4.78, 5) is 2.43. The summed E-state index contributed by atoms with van der Waals surface area (Å²) in [7, 11) is 0. The molecule has 2 rings (SSSR count). The topological polar surface area (TPSA) is 3.24 Å². The first-order valence-corrected chi connectivity index (χ1v) is 4.92. The van der Waals surface area contributed by atoms with Crippen LogP contribution >= 0.6 is 0 Å². The van der Waals surface area contributed by atoms with Gasteiger partial charge in [0.25, 0.3) is 0 Å². The Morgan fingerprint density at radius 3 is 2.69 bits per heavy atom. The maximum atomic E-state index is 2.43. The Hall–Kier alpha value is -1.24. The van der Waals surface area contributed by atoms with Crippen LogP contribution in [-0.4, -0.2) is 18.0 Å². The lowest BCUT2D eigenvalue weighted by Crippen LogP contribution is -2.17. The van der Waals surface area contributed by atoms with E-state index in [2.05, 4.69) is 48.2 Å². The Labute approximate surface area is 79.7 Å². The van der Waals surface area contributed by atoms with Crippen LogP contribution in [-0.2, 0) is 0 Å². The van der Waals surface area contributed by atoms with Crippen LogP contribution in [0.3, 0.4) is 0 Å². The monoisotopic (exact) mass is 173 g/mol. The standard InChI is InChI=1S/C12H15N/c1-2-13-10-6-9-12(13)11-7-4-3-5-8-11/h3-5,7-9H,2,6,10H2,1H3. The van der Waals surface area contributed by atoms with Gasteiger partial charge >= 0.3 is 0 Å². The lowest BCUT2D eigenvalue weighted by Gasteiger charge is -2.20. The highest BCUT2D eigenvalue weighted by molar-refractivity contribution is 5.65. The first kappa shape index (κ1) is 8.36. The molecule has 0 radical (unpaired) electrons. The van der Waals surface area contributed by atoms with Gasteiger partial charge in [-0.2, -0.15) is 0 Å². The zero-order valence-corrected chi connectivity index (χ0v) is 8.03. The minimum absolute atomic E-state index is 1.11. The Morgan fingerprint density at radius 2 is 2.00 bits per heavy atom. The molecule has 0 amide bonds. The molecule has 1 nitrogen and oxygen atoms in total. The predicted molar refractivity (Wildman–Crippen MR) is 56.3 cm³/mol. The third kappa shape index (κ3) is 1.59. The average Bonchev–Trinajstić information content (AvgIpc) is 2.67. The zero-order chi connectivity index (χ0) is 9.10. The van der Waals surface area contributed by atoms with Crippen LogP contribution in [0.4, 0.5) is 0 Å². The molecular weight excluding hydrogens is 158 g/mol. The van der Waals surface area contributed by atoms with Gasteiger partial charge in [-0.3, -0.25) is 0 Å². The van der Waals surface area contributed by atoms with Gasteiger partial charge < -0.3 is 4.90 Å². The molecule has 68 valence electrons. The number of benzene rings is 1. The van der Waals surface area contributed by atoms with Crippen molar-refractivity contribution in [3.05, 3.63) is 42.0 Å². The number of hydrogen-bond acceptors (Lipinski definition) is 1. The molecule has 0 unspecified atom stereocenters. The molecule has 1 heteroatoms. The highest BCUT2D eigenvalue weighted by atomic mass is 15.1. The second-order valence-electron chi connectivity index (χ2n) is 3.32. The van der Waals surface area contributed by atoms with Crippen molar-refractivity contribution in [3.63, 3.8) is 0 Å². The van der Waals surface area contributed by atoms with Gasteiger partial charge in [-0.25, -0.2) is 0 Å². The van der Waals surface area contributed by atoms with Gasteiger partial charge in [0.2, 0.25) is 0 Å². The summed E-state index contributed by atoms with van der Waals surface area (Å²) in [6, 6.07) is 10.6. The minimum Gasteiger partial charge on any atom is -0.371 e. The fourth-order valence-corrected chi connectivity index (χ4v) is 1.84. The van der Waals surface area contributed by atoms with Crippen molar-refractivity contribution >= 4 is 5.70 Å². The summed E-state index contributed by atoms with van der Waals surface area (Å²) in [6.07, 6.45) is 3.52. The number of rotatable bonds is 2. The van der Waals surface area contributed by atoms with Crippen LogP contribution in [0.25, 0.3) is 5.70 Å². The van der Waals surface area contributed by atoms with Crippen molar-refractivity contribution < 1.29 is 0 Å². The van der Waals surface area contributed by atoms with Crippen LogP contribution < -0.4 is 0 Å². The van der Waals surface area contributed by atoms with E-state index < -0.39 is 0 Å². The quantitative estimate of drug-likeness (QED) is 0.664. The SMILES string of the molecule is CCN1CCC=C1c1ccccc1. The van der Waals surface area contributed by atoms with Crippen molar-refractivity contribution in [1.82, 2.24) is 4.90 Å². The molecule has 1 aliphatic heterocycles. The largest absolute Gasteiger partial charge is 0.371 e. The molecule has 0 N–H and O–H groups in total. The van der Waals surface area contributed by atoms with Gasteiger partial charge in [-0.15, -0.1) is 0 Å². The summed E-state index contributed by atoms with van der Waals surface area (Å²) < 4.78 is 0. The van der Waals surface area contributed by atoms with E-state index >= 15 is 0 Å². The van der Waals surface area contributed by atoms with E-state index in [0.717, 1.165) is 6.54 Å². The van der Waals surface area contributed by atoms with Crippen molar-refractivity contribution in [2.75, 3.05) is 13.1 Å². The predicted octanol–water partition coefficient (Wildman–Crippen LogP) is 2.75. The van der Waals surface area contributed by atoms with Gasteiger partial charge in [-0.05, 0) is 18.9 Å². The Kier molecular flexibility index (Phi) is 2.35. The molecule has 0 spiro atoms. The molecule has 0 atom stereocenters. The molecule has 1 aromatic rings. The van der Waals surface area contributed by atoms with E-state index in [1.54, 1.807) is 0 Å². The van der Waals surface area contributed by atoms with E-state index in [4.69, 9.17) is 0 Å². The molecule has 0 saturated heterocycles. The summed E-state index contributed by atoms with van der Waals surface area (Å²) >= 11 is 0. The Bertz CT molecular complexity index is 300. The smallest absolute Gasteiger partial charge is 0.0399 e. The van der Waals surface area contributed by atoms with Gasteiger partial charge in [-0.1, -0.05) is 36.4 Å². The second kappa shape index (κ2) is 3.65. The van der Waals surface area contributed by atoms with E-state index in [-0.39, 0.29) is 0 Å². The summed E-state index contributed by atoms with van der Waals surface area (Å²) in [6.45, 7) is 4.50. The lowest BCUT2D eigenvalue weighted by molar-refractivity contribution is 0.449. The zero-order valence-electron chi connectivity index (χ0n) is 8.03. The fourth-order valence-electron chi connectivity index (χ4n) is 1.84. The molecule has 13 heavy (non-hydrogen) atoms. The van der Waals surface area contributed by atoms with Crippen LogP contribution in [0, 0.1) is 0 Å². The summed E-state index contributed by atoms with van der Waals surface area (Å²) in [5.41, 5.74) is 2.75. The number of nitrogens with zero attached hydrogens (tertiary/aromatic N) is 1. The van der Waals surface area contributed by atoms with Gasteiger partial charge in [0.15, 0.2) is 0 Å². The van der Waals surface area contributed by atoms with Gasteiger partial charge in [0.1, 0.15) is 0 Å². The van der Waals surface area contributed by atoms with Gasteiger partial charge in [0, 0.05) is 18.8 Å². The highest BCUT2D eigenvalue weighted by Crippen LogP contribution is 2.24. The third-order valence-corrected chi connectivity index (χ3v) is 2.53. The van der Waals surface area contributed by atoms with Crippen molar-refractivity contribution in [2.24, 2.45) is 0 Å². The van der Waals surface area contributed by atoms with E-state index in [0.29, 0.717) is 0 Å². The van der Waals surface area contributed by atoms with Crippen molar-refractivity contribution in [1.29, 1.82) is 0 Å². The molecule has 0 saturated carbocycles. The van der Waals surface area contributed by atoms with Gasteiger partial charge in [0.05, 0.1) is 0 Å². The van der Waals surface area contributed by atoms with Crippen molar-refractivity contribution in [2.45, 2.75) is 13.3 Å². The van der Waals surface area contributed by atoms with Crippen LogP contribution in [0.1, 0.15) is 18.9 Å². The molecule has 0 bridgehead atoms. The normalized spacial score (nSPS) is 16.1. The van der Waals surface area contributed by atoms with Crippen molar-refractivity contribution in [3.8, 4) is 0 Å². The second-order valence-corrected chi connectivity index (χ2v) is 3.32. The molecule has 1 aromatic carbocycles. The first-order valence-electron chi connectivity index (χ1n) is 4.92. The maximum Gasteiger partial charge on any atom is 0.0399 e. The third-order valence-electron chi connectivity index (χ3n) is 2.53. The minimum atomic E-state index is 1.11. The molecule has 1 heterocycles. The van der Waals surface area contributed by atoms with E-state index in [9.17, 15) is 0 Å². The van der Waals surface area contributed by atoms with Crippen LogP contribution in [0.5, 0.6) is 0 Å². The van der Waals surface area contributed by atoms with Crippen LogP contribution in [0.2, 0.25) is 0 Å². The van der Waals surface area contributed by atoms with E-state index in [1.807, 2.05) is 0 Å². The molecule has 1 aliphatic rings. The molecule has 0 aromatic heterocycles. The molecule has 0 aliphatic carbocycles. The van der Waals surface area contributed by atoms with Crippen LogP contribution in [0.15, 0.2) is 36.4 Å².